The Morgan fingerprint density at radius 1 is 1.33 bits per heavy atom. The number of carbonyl (C=O) groups excluding carboxylic acids is 1. The number of methoxy groups -OCH3 is 1. The first-order chi connectivity index (χ1) is 12.9. The van der Waals surface area contributed by atoms with Crippen LogP contribution in [0.2, 0.25) is 0 Å². The summed E-state index contributed by atoms with van der Waals surface area (Å²) in [7, 11) is -1.59. The molecule has 1 aromatic heterocycles. The van der Waals surface area contributed by atoms with E-state index in [4.69, 9.17) is 9.26 Å². The molecule has 0 radical (unpaired) electrons. The molecule has 3 rings (SSSR count). The van der Waals surface area contributed by atoms with Gasteiger partial charge >= 0.3 is 0 Å². The fourth-order valence-electron chi connectivity index (χ4n) is 3.08. The largest absolute Gasteiger partial charge is 0.497 e. The SMILES string of the molecule is COc1cccc(-c2cc(CNC(=O)C3CCN(S(C)(=O)=O)CC3)no2)c1. The lowest BCUT2D eigenvalue weighted by Gasteiger charge is -2.29. The first kappa shape index (κ1) is 19.4. The predicted octanol–water partition coefficient (Wildman–Crippen LogP) is 1.64. The average Bonchev–Trinajstić information content (AvgIpc) is 3.14. The van der Waals surface area contributed by atoms with Gasteiger partial charge in [0.05, 0.1) is 19.9 Å². The van der Waals surface area contributed by atoms with Crippen molar-refractivity contribution in [3.63, 3.8) is 0 Å². The Labute approximate surface area is 158 Å². The second-order valence-electron chi connectivity index (χ2n) is 6.57. The summed E-state index contributed by atoms with van der Waals surface area (Å²) in [6, 6.07) is 9.22. The number of sulfonamides is 1. The van der Waals surface area contributed by atoms with Gasteiger partial charge in [0.1, 0.15) is 11.4 Å². The van der Waals surface area contributed by atoms with E-state index < -0.39 is 10.0 Å². The van der Waals surface area contributed by atoms with Crippen LogP contribution in [-0.4, -0.2) is 50.2 Å². The van der Waals surface area contributed by atoms with E-state index in [9.17, 15) is 13.2 Å². The summed E-state index contributed by atoms with van der Waals surface area (Å²) in [6.07, 6.45) is 2.23. The first-order valence-electron chi connectivity index (χ1n) is 8.69. The topological polar surface area (TPSA) is 102 Å². The second-order valence-corrected chi connectivity index (χ2v) is 8.55. The molecule has 1 aromatic carbocycles. The van der Waals surface area contributed by atoms with Gasteiger partial charge in [0.25, 0.3) is 0 Å². The second kappa shape index (κ2) is 8.10. The van der Waals surface area contributed by atoms with Crippen molar-refractivity contribution in [2.45, 2.75) is 19.4 Å². The van der Waals surface area contributed by atoms with Crippen LogP contribution < -0.4 is 10.1 Å². The predicted molar refractivity (Wildman–Crippen MR) is 99.5 cm³/mol. The quantitative estimate of drug-likeness (QED) is 0.800. The van der Waals surface area contributed by atoms with Gasteiger partial charge in [-0.2, -0.15) is 0 Å². The van der Waals surface area contributed by atoms with Crippen LogP contribution in [0.5, 0.6) is 5.75 Å². The molecule has 0 aliphatic carbocycles. The third-order valence-electron chi connectivity index (χ3n) is 4.65. The van der Waals surface area contributed by atoms with Gasteiger partial charge in [-0.05, 0) is 25.0 Å². The van der Waals surface area contributed by atoms with Gasteiger partial charge in [-0.15, -0.1) is 0 Å². The van der Waals surface area contributed by atoms with Crippen LogP contribution in [0.3, 0.4) is 0 Å². The van der Waals surface area contributed by atoms with Crippen LogP contribution >= 0.6 is 0 Å². The summed E-state index contributed by atoms with van der Waals surface area (Å²) in [5.41, 5.74) is 1.46. The van der Waals surface area contributed by atoms with Crippen molar-refractivity contribution in [3.05, 3.63) is 36.0 Å². The monoisotopic (exact) mass is 393 g/mol. The molecule has 0 bridgehead atoms. The van der Waals surface area contributed by atoms with Gasteiger partial charge in [-0.1, -0.05) is 17.3 Å². The van der Waals surface area contributed by atoms with Crippen molar-refractivity contribution in [2.75, 3.05) is 26.5 Å². The Kier molecular flexibility index (Phi) is 5.81. The zero-order chi connectivity index (χ0) is 19.4. The minimum absolute atomic E-state index is 0.0888. The third kappa shape index (κ3) is 4.86. The molecule has 0 atom stereocenters. The number of hydrogen-bond acceptors (Lipinski definition) is 6. The van der Waals surface area contributed by atoms with Crippen LogP contribution in [-0.2, 0) is 21.4 Å². The Balaban J connectivity index is 1.53. The first-order valence-corrected chi connectivity index (χ1v) is 10.5. The number of nitrogens with zero attached hydrogens (tertiary/aromatic N) is 2. The molecule has 1 aliphatic rings. The summed E-state index contributed by atoms with van der Waals surface area (Å²) in [6.45, 7) is 1.01. The van der Waals surface area contributed by atoms with Gasteiger partial charge in [-0.25, -0.2) is 12.7 Å². The Morgan fingerprint density at radius 3 is 2.74 bits per heavy atom. The molecule has 1 N–H and O–H groups in total. The van der Waals surface area contributed by atoms with Crippen LogP contribution in [0.15, 0.2) is 34.9 Å². The molecule has 9 heteroatoms. The molecule has 27 heavy (non-hydrogen) atoms. The molecule has 0 unspecified atom stereocenters. The molecule has 1 aliphatic heterocycles. The summed E-state index contributed by atoms with van der Waals surface area (Å²) in [5, 5.41) is 6.85. The van der Waals surface area contributed by atoms with E-state index in [1.165, 1.54) is 10.6 Å². The number of benzene rings is 1. The van der Waals surface area contributed by atoms with E-state index in [2.05, 4.69) is 10.5 Å². The van der Waals surface area contributed by atoms with Gasteiger partial charge < -0.3 is 14.6 Å². The van der Waals surface area contributed by atoms with Crippen LogP contribution in [0, 0.1) is 5.92 Å². The van der Waals surface area contributed by atoms with Crippen molar-refractivity contribution in [1.82, 2.24) is 14.8 Å². The lowest BCUT2D eigenvalue weighted by Crippen LogP contribution is -2.42. The number of carbonyl (C=O) groups is 1. The van der Waals surface area contributed by atoms with Gasteiger partial charge in [0.2, 0.25) is 15.9 Å². The highest BCUT2D eigenvalue weighted by Crippen LogP contribution is 2.24. The molecule has 2 aromatic rings. The molecule has 1 amide bonds. The fraction of sp³-hybridized carbons (Fsp3) is 0.444. The Hall–Kier alpha value is -2.39. The lowest BCUT2D eigenvalue weighted by molar-refractivity contribution is -0.126. The number of amides is 1. The van der Waals surface area contributed by atoms with E-state index in [0.29, 0.717) is 37.4 Å². The summed E-state index contributed by atoms with van der Waals surface area (Å²) in [4.78, 5) is 12.3. The summed E-state index contributed by atoms with van der Waals surface area (Å²) < 4.78 is 35.0. The lowest BCUT2D eigenvalue weighted by atomic mass is 9.97. The van der Waals surface area contributed by atoms with Crippen LogP contribution in [0.4, 0.5) is 0 Å². The molecule has 0 saturated carbocycles. The fourth-order valence-corrected chi connectivity index (χ4v) is 3.95. The van der Waals surface area contributed by atoms with Crippen molar-refractivity contribution >= 4 is 15.9 Å². The number of ether oxygens (including phenoxy) is 1. The van der Waals surface area contributed by atoms with Crippen LogP contribution in [0.1, 0.15) is 18.5 Å². The molecule has 0 spiro atoms. The van der Waals surface area contributed by atoms with Gasteiger partial charge in [-0.3, -0.25) is 4.79 Å². The van der Waals surface area contributed by atoms with E-state index in [0.717, 1.165) is 11.3 Å². The molecule has 8 nitrogen and oxygen atoms in total. The molecular weight excluding hydrogens is 370 g/mol. The molecule has 2 heterocycles. The highest BCUT2D eigenvalue weighted by Gasteiger charge is 2.28. The number of nitrogens with one attached hydrogen (secondary N) is 1. The zero-order valence-electron chi connectivity index (χ0n) is 15.3. The van der Waals surface area contributed by atoms with Gasteiger partial charge in [0.15, 0.2) is 5.76 Å². The highest BCUT2D eigenvalue weighted by molar-refractivity contribution is 7.88. The standard InChI is InChI=1S/C18H23N3O5S/c1-25-16-5-3-4-14(10-16)17-11-15(20-26-17)12-19-18(22)13-6-8-21(9-7-13)27(2,23)24/h3-5,10-11,13H,6-9,12H2,1-2H3,(H,19,22). The number of aromatic nitrogens is 1. The maximum atomic E-state index is 12.3. The van der Waals surface area contributed by atoms with Crippen molar-refractivity contribution in [1.29, 1.82) is 0 Å². The summed E-state index contributed by atoms with van der Waals surface area (Å²) >= 11 is 0. The van der Waals surface area contributed by atoms with E-state index in [1.54, 1.807) is 13.2 Å². The highest BCUT2D eigenvalue weighted by atomic mass is 32.2. The van der Waals surface area contributed by atoms with Crippen molar-refractivity contribution < 1.29 is 22.5 Å². The minimum Gasteiger partial charge on any atom is -0.497 e. The zero-order valence-corrected chi connectivity index (χ0v) is 16.2. The van der Waals surface area contributed by atoms with Crippen LogP contribution in [0.25, 0.3) is 11.3 Å². The van der Waals surface area contributed by atoms with E-state index >= 15 is 0 Å². The third-order valence-corrected chi connectivity index (χ3v) is 5.95. The van der Waals surface area contributed by atoms with Crippen molar-refractivity contribution in [2.24, 2.45) is 5.92 Å². The Bertz CT molecular complexity index is 901. The van der Waals surface area contributed by atoms with Gasteiger partial charge in [0, 0.05) is 30.6 Å². The van der Waals surface area contributed by atoms with Crippen molar-refractivity contribution in [3.8, 4) is 17.1 Å². The summed E-state index contributed by atoms with van der Waals surface area (Å²) in [5.74, 6) is 1.04. The smallest absolute Gasteiger partial charge is 0.223 e. The number of rotatable bonds is 6. The van der Waals surface area contributed by atoms with E-state index in [1.807, 2.05) is 24.3 Å². The maximum Gasteiger partial charge on any atom is 0.223 e. The molecule has 1 fully saturated rings. The average molecular weight is 393 g/mol. The maximum absolute atomic E-state index is 12.3. The minimum atomic E-state index is -3.19. The number of piperidine rings is 1. The van der Waals surface area contributed by atoms with E-state index in [-0.39, 0.29) is 18.4 Å². The molecule has 1 saturated heterocycles. The molecular formula is C18H23N3O5S. The Morgan fingerprint density at radius 2 is 2.07 bits per heavy atom. The molecule has 146 valence electrons. The number of hydrogen-bond donors (Lipinski definition) is 1. The normalized spacial score (nSPS) is 16.2.